The highest BCUT2D eigenvalue weighted by atomic mass is 35.5. The van der Waals surface area contributed by atoms with Gasteiger partial charge in [-0.1, -0.05) is 23.7 Å². The molecule has 0 bridgehead atoms. The fourth-order valence-electron chi connectivity index (χ4n) is 3.88. The van der Waals surface area contributed by atoms with Crippen LogP contribution >= 0.6 is 11.6 Å². The van der Waals surface area contributed by atoms with Crippen LogP contribution in [0.1, 0.15) is 17.5 Å². The fraction of sp³-hybridized carbons (Fsp3) is 0.240. The number of esters is 1. The van der Waals surface area contributed by atoms with Crippen LogP contribution in [0.25, 0.3) is 0 Å². The van der Waals surface area contributed by atoms with E-state index >= 15 is 0 Å². The minimum Gasteiger partial charge on any atom is -0.486 e. The lowest BCUT2D eigenvalue weighted by atomic mass is 10.1. The molecule has 1 atom stereocenters. The first kappa shape index (κ1) is 27.5. The second kappa shape index (κ2) is 10.7. The molecule has 0 fully saturated rings. The van der Waals surface area contributed by atoms with E-state index in [9.17, 15) is 30.8 Å². The Bertz CT molecular complexity index is 1450. The number of halogens is 5. The van der Waals surface area contributed by atoms with E-state index in [0.717, 1.165) is 29.6 Å². The van der Waals surface area contributed by atoms with Crippen LogP contribution in [-0.4, -0.2) is 34.1 Å². The van der Waals surface area contributed by atoms with E-state index < -0.39 is 44.5 Å². The molecule has 7 nitrogen and oxygen atoms in total. The first-order chi connectivity index (χ1) is 17.9. The summed E-state index contributed by atoms with van der Waals surface area (Å²) in [6.07, 6.45) is -6.02. The van der Waals surface area contributed by atoms with Crippen LogP contribution in [0.3, 0.4) is 0 Å². The van der Waals surface area contributed by atoms with E-state index in [1.54, 1.807) is 6.07 Å². The number of alkyl halides is 3. The highest BCUT2D eigenvalue weighted by molar-refractivity contribution is 7.92. The molecule has 4 rings (SSSR count). The molecule has 0 amide bonds. The Morgan fingerprint density at radius 2 is 1.89 bits per heavy atom. The molecule has 0 saturated heterocycles. The van der Waals surface area contributed by atoms with Gasteiger partial charge in [-0.3, -0.25) is 9.10 Å². The smallest absolute Gasteiger partial charge is 0.416 e. The number of carbonyl (C=O) groups excluding carboxylic acids is 1. The predicted octanol–water partition coefficient (Wildman–Crippen LogP) is 5.63. The molecule has 0 aromatic heterocycles. The summed E-state index contributed by atoms with van der Waals surface area (Å²) in [5.41, 5.74) is -0.555. The summed E-state index contributed by atoms with van der Waals surface area (Å²) >= 11 is 6.07. The van der Waals surface area contributed by atoms with Crippen molar-refractivity contribution in [2.75, 3.05) is 23.3 Å². The molecule has 1 unspecified atom stereocenters. The molecule has 1 N–H and O–H groups in total. The zero-order valence-corrected chi connectivity index (χ0v) is 21.3. The summed E-state index contributed by atoms with van der Waals surface area (Å²) in [5.74, 6) is -1.12. The van der Waals surface area contributed by atoms with E-state index in [2.05, 4.69) is 10.1 Å². The standard InChI is InChI=1S/C25H21ClF4N2O5S/c1-36-24(33)12-17-14-32(38(34,35)18-5-2-4-15(10-18)25(28,29)30)22-11-16(8-9-23(22)37-17)31-13-19-20(26)6-3-7-21(19)27/h2-11,17,31H,12-14H2,1H3. The van der Waals surface area contributed by atoms with Crippen molar-refractivity contribution in [3.8, 4) is 5.75 Å². The molecular weight excluding hydrogens is 552 g/mol. The van der Waals surface area contributed by atoms with Crippen LogP contribution in [0.5, 0.6) is 5.75 Å². The second-order valence-electron chi connectivity index (χ2n) is 8.32. The summed E-state index contributed by atoms with van der Waals surface area (Å²) in [6.45, 7) is -0.403. The molecule has 13 heteroatoms. The van der Waals surface area contributed by atoms with Gasteiger partial charge in [0, 0.05) is 22.8 Å². The number of ether oxygens (including phenoxy) is 2. The fourth-order valence-corrected chi connectivity index (χ4v) is 5.65. The Hall–Kier alpha value is -3.51. The largest absolute Gasteiger partial charge is 0.486 e. The number of sulfonamides is 1. The van der Waals surface area contributed by atoms with E-state index in [0.29, 0.717) is 11.8 Å². The van der Waals surface area contributed by atoms with Crippen molar-refractivity contribution in [1.82, 2.24) is 0 Å². The van der Waals surface area contributed by atoms with Gasteiger partial charge in [0.05, 0.1) is 36.2 Å². The van der Waals surface area contributed by atoms with Gasteiger partial charge in [0.15, 0.2) is 0 Å². The number of benzene rings is 3. The Balaban J connectivity index is 1.72. The number of fused-ring (bicyclic) bond motifs is 1. The number of anilines is 2. The monoisotopic (exact) mass is 572 g/mol. The van der Waals surface area contributed by atoms with E-state index in [1.165, 1.54) is 30.3 Å². The SMILES string of the molecule is COC(=O)CC1CN(S(=O)(=O)c2cccc(C(F)(F)F)c2)c2cc(NCc3c(F)cccc3Cl)ccc2O1. The minimum absolute atomic E-state index is 0.0214. The highest BCUT2D eigenvalue weighted by Gasteiger charge is 2.37. The summed E-state index contributed by atoms with van der Waals surface area (Å²) in [6, 6.07) is 12.0. The highest BCUT2D eigenvalue weighted by Crippen LogP contribution is 2.40. The third-order valence-corrected chi connectivity index (χ3v) is 7.92. The van der Waals surface area contributed by atoms with Gasteiger partial charge in [0.1, 0.15) is 17.7 Å². The maximum absolute atomic E-state index is 14.2. The summed E-state index contributed by atoms with van der Waals surface area (Å²) in [7, 11) is -3.38. The number of carbonyl (C=O) groups is 1. The number of hydrogen-bond acceptors (Lipinski definition) is 6. The lowest BCUT2D eigenvalue weighted by Crippen LogP contribution is -2.44. The Kier molecular flexibility index (Phi) is 7.75. The third kappa shape index (κ3) is 5.81. The van der Waals surface area contributed by atoms with Crippen LogP contribution in [0.4, 0.5) is 28.9 Å². The minimum atomic E-state index is -4.76. The van der Waals surface area contributed by atoms with Gasteiger partial charge in [-0.15, -0.1) is 0 Å². The van der Waals surface area contributed by atoms with Gasteiger partial charge < -0.3 is 14.8 Å². The van der Waals surface area contributed by atoms with Crippen molar-refractivity contribution >= 4 is 39.0 Å². The molecule has 3 aromatic carbocycles. The van der Waals surface area contributed by atoms with Gasteiger partial charge in [0.2, 0.25) is 0 Å². The van der Waals surface area contributed by atoms with E-state index in [-0.39, 0.29) is 41.5 Å². The molecule has 0 saturated carbocycles. The van der Waals surface area contributed by atoms with Gasteiger partial charge >= 0.3 is 12.1 Å². The zero-order chi connectivity index (χ0) is 27.7. The predicted molar refractivity (Wildman–Crippen MR) is 132 cm³/mol. The zero-order valence-electron chi connectivity index (χ0n) is 19.8. The average molecular weight is 573 g/mol. The van der Waals surface area contributed by atoms with Crippen LogP contribution in [-0.2, 0) is 32.3 Å². The molecule has 0 aliphatic carbocycles. The quantitative estimate of drug-likeness (QED) is 0.292. The lowest BCUT2D eigenvalue weighted by molar-refractivity contribution is -0.142. The maximum Gasteiger partial charge on any atom is 0.416 e. The Morgan fingerprint density at radius 1 is 1.16 bits per heavy atom. The first-order valence-corrected chi connectivity index (χ1v) is 13.0. The Morgan fingerprint density at radius 3 is 2.58 bits per heavy atom. The van der Waals surface area contributed by atoms with Crippen LogP contribution in [0, 0.1) is 5.82 Å². The summed E-state index contributed by atoms with van der Waals surface area (Å²) in [4.78, 5) is 11.3. The van der Waals surface area contributed by atoms with Crippen LogP contribution < -0.4 is 14.4 Å². The molecule has 1 heterocycles. The molecule has 0 radical (unpaired) electrons. The molecule has 3 aromatic rings. The molecule has 0 spiro atoms. The van der Waals surface area contributed by atoms with Crippen molar-refractivity contribution in [3.63, 3.8) is 0 Å². The van der Waals surface area contributed by atoms with E-state index in [1.807, 2.05) is 0 Å². The molecule has 1 aliphatic rings. The number of rotatable bonds is 7. The lowest BCUT2D eigenvalue weighted by Gasteiger charge is -2.35. The van der Waals surface area contributed by atoms with Gasteiger partial charge in [-0.25, -0.2) is 12.8 Å². The van der Waals surface area contributed by atoms with Gasteiger partial charge in [-0.2, -0.15) is 13.2 Å². The van der Waals surface area contributed by atoms with Crippen molar-refractivity contribution in [2.45, 2.75) is 30.1 Å². The summed E-state index contributed by atoms with van der Waals surface area (Å²) in [5, 5.41) is 3.15. The van der Waals surface area contributed by atoms with Crippen LogP contribution in [0.2, 0.25) is 5.02 Å². The van der Waals surface area contributed by atoms with Gasteiger partial charge in [-0.05, 0) is 48.5 Å². The molecule has 1 aliphatic heterocycles. The van der Waals surface area contributed by atoms with E-state index in [4.69, 9.17) is 16.3 Å². The van der Waals surface area contributed by atoms with Crippen molar-refractivity contribution in [2.24, 2.45) is 0 Å². The third-order valence-electron chi connectivity index (χ3n) is 5.79. The van der Waals surface area contributed by atoms with Gasteiger partial charge in [0.25, 0.3) is 10.0 Å². The normalized spacial score (nSPS) is 15.4. The van der Waals surface area contributed by atoms with Crippen molar-refractivity contribution < 1.29 is 40.2 Å². The molecular formula is C25H21ClF4N2O5S. The van der Waals surface area contributed by atoms with Crippen molar-refractivity contribution in [3.05, 3.63) is 82.6 Å². The van der Waals surface area contributed by atoms with Crippen LogP contribution in [0.15, 0.2) is 65.6 Å². The average Bonchev–Trinajstić information content (AvgIpc) is 2.87. The maximum atomic E-state index is 14.2. The topological polar surface area (TPSA) is 84.9 Å². The Labute approximate surface area is 221 Å². The number of hydrogen-bond donors (Lipinski definition) is 1. The molecule has 202 valence electrons. The number of nitrogens with zero attached hydrogens (tertiary/aromatic N) is 1. The summed E-state index contributed by atoms with van der Waals surface area (Å²) < 4.78 is 92.6. The first-order valence-electron chi connectivity index (χ1n) is 11.1. The van der Waals surface area contributed by atoms with Crippen molar-refractivity contribution in [1.29, 1.82) is 0 Å². The second-order valence-corrected chi connectivity index (χ2v) is 10.6. The number of methoxy groups -OCH3 is 1. The number of nitrogens with one attached hydrogen (secondary N) is 1. The molecule has 38 heavy (non-hydrogen) atoms.